The number of amides is 2. The number of likely N-dealkylation sites (N-methyl/N-ethyl adjacent to an activating group) is 1. The molecule has 0 heterocycles. The van der Waals surface area contributed by atoms with E-state index in [1.807, 2.05) is 6.92 Å². The number of ketones is 1. The van der Waals surface area contributed by atoms with E-state index >= 15 is 0 Å². The van der Waals surface area contributed by atoms with Crippen molar-refractivity contribution in [2.45, 2.75) is 149 Å². The summed E-state index contributed by atoms with van der Waals surface area (Å²) in [7, 11) is 0. The molecule has 206 valence electrons. The van der Waals surface area contributed by atoms with Gasteiger partial charge in [-0.2, -0.15) is 0 Å². The van der Waals surface area contributed by atoms with Gasteiger partial charge in [-0.1, -0.05) is 90.9 Å². The molecule has 0 spiro atoms. The molecule has 1 unspecified atom stereocenters. The first-order valence-electron chi connectivity index (χ1n) is 14.8. The first kappa shape index (κ1) is 33.6. The molecule has 0 aliphatic heterocycles. The largest absolute Gasteiger partial charge is 0.356 e. The summed E-state index contributed by atoms with van der Waals surface area (Å²) in [5.74, 6) is 0.312. The summed E-state index contributed by atoms with van der Waals surface area (Å²) in [5, 5.41) is 9.05. The maximum atomic E-state index is 11.9. The molecule has 0 bridgehead atoms. The van der Waals surface area contributed by atoms with Gasteiger partial charge in [0.15, 0.2) is 0 Å². The number of rotatable bonds is 26. The van der Waals surface area contributed by atoms with Gasteiger partial charge in [-0.3, -0.25) is 14.4 Å². The standard InChI is InChI=1S/C29H57N3O3/c1-4-6-7-8-9-10-11-12-13-14-15-16-17-22-28(34)32-25-20-23-29(35)31-24-19-18-21-27(26(3)33)30-5-2/h27,30H,4-25H2,1-3H3,(H,31,35)(H,32,34). The Balaban J connectivity index is 3.42. The summed E-state index contributed by atoms with van der Waals surface area (Å²) < 4.78 is 0. The number of unbranched alkanes of at least 4 members (excludes halogenated alkanes) is 13. The van der Waals surface area contributed by atoms with Gasteiger partial charge in [0.25, 0.3) is 0 Å². The van der Waals surface area contributed by atoms with Crippen molar-refractivity contribution in [2.24, 2.45) is 0 Å². The van der Waals surface area contributed by atoms with E-state index in [-0.39, 0.29) is 23.6 Å². The maximum absolute atomic E-state index is 11.9. The van der Waals surface area contributed by atoms with Crippen molar-refractivity contribution in [3.05, 3.63) is 0 Å². The van der Waals surface area contributed by atoms with Crippen molar-refractivity contribution < 1.29 is 14.4 Å². The van der Waals surface area contributed by atoms with Crippen LogP contribution in [0.15, 0.2) is 0 Å². The highest BCUT2D eigenvalue weighted by Gasteiger charge is 2.11. The molecule has 2 amide bonds. The molecule has 0 radical (unpaired) electrons. The molecule has 0 saturated heterocycles. The van der Waals surface area contributed by atoms with Crippen LogP contribution in [-0.4, -0.2) is 43.3 Å². The Bertz CT molecular complexity index is 525. The van der Waals surface area contributed by atoms with Crippen LogP contribution in [0.5, 0.6) is 0 Å². The molecule has 0 aromatic rings. The van der Waals surface area contributed by atoms with Crippen LogP contribution >= 0.6 is 0 Å². The van der Waals surface area contributed by atoms with E-state index in [4.69, 9.17) is 0 Å². The Labute approximate surface area is 216 Å². The lowest BCUT2D eigenvalue weighted by Gasteiger charge is -2.14. The van der Waals surface area contributed by atoms with Crippen LogP contribution in [0.1, 0.15) is 143 Å². The fourth-order valence-electron chi connectivity index (χ4n) is 4.35. The molecular formula is C29H57N3O3. The topological polar surface area (TPSA) is 87.3 Å². The molecule has 3 N–H and O–H groups in total. The van der Waals surface area contributed by atoms with Crippen molar-refractivity contribution in [1.29, 1.82) is 0 Å². The molecular weight excluding hydrogens is 438 g/mol. The van der Waals surface area contributed by atoms with E-state index in [2.05, 4.69) is 22.9 Å². The van der Waals surface area contributed by atoms with Crippen LogP contribution in [0.2, 0.25) is 0 Å². The Morgan fingerprint density at radius 3 is 1.51 bits per heavy atom. The third-order valence-corrected chi connectivity index (χ3v) is 6.59. The molecule has 0 saturated carbocycles. The zero-order valence-corrected chi connectivity index (χ0v) is 23.4. The predicted molar refractivity (Wildman–Crippen MR) is 148 cm³/mol. The summed E-state index contributed by atoms with van der Waals surface area (Å²) in [6, 6.07) is -0.0703. The Kier molecular flexibility index (Phi) is 24.6. The highest BCUT2D eigenvalue weighted by atomic mass is 16.2. The molecule has 6 heteroatoms. The maximum Gasteiger partial charge on any atom is 0.220 e. The number of hydrogen-bond donors (Lipinski definition) is 3. The Morgan fingerprint density at radius 2 is 1.03 bits per heavy atom. The fourth-order valence-corrected chi connectivity index (χ4v) is 4.35. The van der Waals surface area contributed by atoms with E-state index in [1.54, 1.807) is 6.92 Å². The monoisotopic (exact) mass is 495 g/mol. The van der Waals surface area contributed by atoms with Gasteiger partial charge < -0.3 is 16.0 Å². The second-order valence-electron chi connectivity index (χ2n) is 10.0. The van der Waals surface area contributed by atoms with Crippen molar-refractivity contribution >= 4 is 17.6 Å². The smallest absolute Gasteiger partial charge is 0.220 e. The third-order valence-electron chi connectivity index (χ3n) is 6.59. The first-order chi connectivity index (χ1) is 17.0. The molecule has 6 nitrogen and oxygen atoms in total. The van der Waals surface area contributed by atoms with Gasteiger partial charge in [0, 0.05) is 25.9 Å². The van der Waals surface area contributed by atoms with Gasteiger partial charge in [0.05, 0.1) is 6.04 Å². The molecule has 1 atom stereocenters. The van der Waals surface area contributed by atoms with Crippen molar-refractivity contribution in [2.75, 3.05) is 19.6 Å². The number of carbonyl (C=O) groups is 3. The molecule has 0 aliphatic rings. The van der Waals surface area contributed by atoms with Gasteiger partial charge in [-0.25, -0.2) is 0 Å². The zero-order chi connectivity index (χ0) is 26.0. The first-order valence-corrected chi connectivity index (χ1v) is 14.8. The normalized spacial score (nSPS) is 11.9. The highest BCUT2D eigenvalue weighted by Crippen LogP contribution is 2.13. The molecule has 35 heavy (non-hydrogen) atoms. The Morgan fingerprint density at radius 1 is 0.571 bits per heavy atom. The SMILES string of the molecule is CCCCCCCCCCCCCCCC(=O)NCCCC(=O)NCCCCC(NCC)C(C)=O. The van der Waals surface area contributed by atoms with Gasteiger partial charge in [-0.05, 0) is 45.6 Å². The summed E-state index contributed by atoms with van der Waals surface area (Å²) in [6.07, 6.45) is 21.3. The van der Waals surface area contributed by atoms with Crippen LogP contribution in [0.3, 0.4) is 0 Å². The highest BCUT2D eigenvalue weighted by molar-refractivity contribution is 5.81. The zero-order valence-electron chi connectivity index (χ0n) is 23.4. The quantitative estimate of drug-likeness (QED) is 0.124. The van der Waals surface area contributed by atoms with E-state index in [0.717, 1.165) is 38.6 Å². The summed E-state index contributed by atoms with van der Waals surface area (Å²) in [6.45, 7) is 7.87. The lowest BCUT2D eigenvalue weighted by molar-refractivity contribution is -0.123. The van der Waals surface area contributed by atoms with Gasteiger partial charge in [0.2, 0.25) is 11.8 Å². The molecule has 0 aliphatic carbocycles. The number of Topliss-reactive ketones (excluding diaryl/α,β-unsaturated/α-hetero) is 1. The average Bonchev–Trinajstić information content (AvgIpc) is 2.83. The van der Waals surface area contributed by atoms with Crippen molar-refractivity contribution in [3.8, 4) is 0 Å². The number of carbonyl (C=O) groups excluding carboxylic acids is 3. The predicted octanol–water partition coefficient (Wildman–Crippen LogP) is 6.22. The lowest BCUT2D eigenvalue weighted by atomic mass is 10.0. The third kappa shape index (κ3) is 24.1. The van der Waals surface area contributed by atoms with Gasteiger partial charge >= 0.3 is 0 Å². The van der Waals surface area contributed by atoms with E-state index < -0.39 is 0 Å². The number of hydrogen-bond acceptors (Lipinski definition) is 4. The second-order valence-corrected chi connectivity index (χ2v) is 10.0. The minimum absolute atomic E-state index is 0.0329. The van der Waals surface area contributed by atoms with Crippen LogP contribution in [0, 0.1) is 0 Å². The van der Waals surface area contributed by atoms with Crippen LogP contribution in [0.4, 0.5) is 0 Å². The minimum Gasteiger partial charge on any atom is -0.356 e. The van der Waals surface area contributed by atoms with E-state index in [1.165, 1.54) is 70.6 Å². The lowest BCUT2D eigenvalue weighted by Crippen LogP contribution is -2.35. The van der Waals surface area contributed by atoms with Crippen molar-refractivity contribution in [1.82, 2.24) is 16.0 Å². The minimum atomic E-state index is -0.0703. The molecule has 0 aromatic heterocycles. The average molecular weight is 496 g/mol. The van der Waals surface area contributed by atoms with Crippen LogP contribution in [-0.2, 0) is 14.4 Å². The van der Waals surface area contributed by atoms with E-state index in [9.17, 15) is 14.4 Å². The van der Waals surface area contributed by atoms with Gasteiger partial charge in [0.1, 0.15) is 5.78 Å². The van der Waals surface area contributed by atoms with Crippen LogP contribution in [0.25, 0.3) is 0 Å². The molecule has 0 aromatic carbocycles. The van der Waals surface area contributed by atoms with Gasteiger partial charge in [-0.15, -0.1) is 0 Å². The molecule has 0 fully saturated rings. The number of nitrogens with one attached hydrogen (secondary N) is 3. The summed E-state index contributed by atoms with van der Waals surface area (Å²) >= 11 is 0. The summed E-state index contributed by atoms with van der Waals surface area (Å²) in [4.78, 5) is 35.4. The van der Waals surface area contributed by atoms with Crippen molar-refractivity contribution in [3.63, 3.8) is 0 Å². The fraction of sp³-hybridized carbons (Fsp3) is 0.897. The second kappa shape index (κ2) is 25.7. The van der Waals surface area contributed by atoms with Crippen LogP contribution < -0.4 is 16.0 Å². The Hall–Kier alpha value is -1.43. The summed E-state index contributed by atoms with van der Waals surface area (Å²) in [5.41, 5.74) is 0. The molecule has 0 rings (SSSR count). The van der Waals surface area contributed by atoms with E-state index in [0.29, 0.717) is 32.4 Å².